The van der Waals surface area contributed by atoms with Gasteiger partial charge in [0.15, 0.2) is 0 Å². The van der Waals surface area contributed by atoms with Gasteiger partial charge in [-0.15, -0.1) is 0 Å². The van der Waals surface area contributed by atoms with Gasteiger partial charge in [0.25, 0.3) is 0 Å². The van der Waals surface area contributed by atoms with Crippen molar-refractivity contribution in [1.29, 1.82) is 0 Å². The van der Waals surface area contributed by atoms with Crippen LogP contribution in [0, 0.1) is 0 Å². The molecule has 4 aromatic carbocycles. The summed E-state index contributed by atoms with van der Waals surface area (Å²) in [7, 11) is 4.16. The van der Waals surface area contributed by atoms with Crippen molar-refractivity contribution in [3.63, 3.8) is 0 Å². The number of quaternary nitrogens is 1. The predicted molar refractivity (Wildman–Crippen MR) is 137 cm³/mol. The molecule has 0 heterocycles. The van der Waals surface area contributed by atoms with E-state index in [0.717, 1.165) is 23.2 Å². The number of carbonyl (C=O) groups is 1. The van der Waals surface area contributed by atoms with Gasteiger partial charge in [-0.25, -0.2) is 4.79 Å². The highest BCUT2D eigenvalue weighted by Crippen LogP contribution is 2.34. The summed E-state index contributed by atoms with van der Waals surface area (Å²) in [5, 5.41) is 11.8. The Morgan fingerprint density at radius 2 is 1.50 bits per heavy atom. The molecule has 0 aliphatic heterocycles. The Morgan fingerprint density at radius 3 is 2.12 bits per heavy atom. The molecule has 0 radical (unpaired) electrons. The second kappa shape index (κ2) is 10.0. The first-order chi connectivity index (χ1) is 15.6. The molecule has 34 heavy (non-hydrogen) atoms. The lowest BCUT2D eigenvalue weighted by Gasteiger charge is -2.19. The summed E-state index contributed by atoms with van der Waals surface area (Å²) in [5.41, 5.74) is 7.46. The van der Waals surface area contributed by atoms with Gasteiger partial charge in [0.05, 0.1) is 19.7 Å². The van der Waals surface area contributed by atoms with Gasteiger partial charge in [0.1, 0.15) is 6.54 Å². The second-order valence-electron chi connectivity index (χ2n) is 10.1. The summed E-state index contributed by atoms with van der Waals surface area (Å²) < 4.78 is 0. The van der Waals surface area contributed by atoms with Crippen molar-refractivity contribution in [2.75, 3.05) is 14.1 Å². The summed E-state index contributed by atoms with van der Waals surface area (Å²) in [5.74, 6) is -0.891. The van der Waals surface area contributed by atoms with Gasteiger partial charge in [0, 0.05) is 5.56 Å². The van der Waals surface area contributed by atoms with Crippen LogP contribution in [-0.2, 0) is 12.0 Å². The third kappa shape index (κ3) is 5.32. The van der Waals surface area contributed by atoms with Crippen molar-refractivity contribution in [3.8, 4) is 22.3 Å². The fourth-order valence-electron chi connectivity index (χ4n) is 4.39. The maximum absolute atomic E-state index is 11.5. The van der Waals surface area contributed by atoms with E-state index >= 15 is 0 Å². The number of nitrogens with one attached hydrogen (secondary N) is 1. The van der Waals surface area contributed by atoms with Crippen molar-refractivity contribution in [2.24, 2.45) is 0 Å². The third-order valence-electron chi connectivity index (χ3n) is 6.15. The Hall–Kier alpha value is -3.14. The Labute approximate surface area is 208 Å². The highest BCUT2D eigenvalue weighted by molar-refractivity contribution is 5.99. The average molecular weight is 474 g/mol. The Bertz CT molecular complexity index is 1320. The summed E-state index contributed by atoms with van der Waals surface area (Å²) >= 11 is 0. The van der Waals surface area contributed by atoms with Crippen LogP contribution in [-0.4, -0.2) is 25.2 Å². The number of halogens is 1. The van der Waals surface area contributed by atoms with Crippen LogP contribution < -0.4 is 17.3 Å². The van der Waals surface area contributed by atoms with Gasteiger partial charge in [-0.3, -0.25) is 0 Å². The maximum Gasteiger partial charge on any atom is 0.335 e. The van der Waals surface area contributed by atoms with Crippen molar-refractivity contribution in [3.05, 3.63) is 95.6 Å². The number of benzene rings is 4. The van der Waals surface area contributed by atoms with E-state index in [0.29, 0.717) is 5.56 Å². The minimum absolute atomic E-state index is 0. The van der Waals surface area contributed by atoms with Crippen LogP contribution in [0.1, 0.15) is 42.3 Å². The number of carboxylic acids is 1. The SMILES string of the molecule is C[NH+](C)Cc1cc(C(=O)O)ccc1-c1ccc2c(-c3ccc(C(C)(C)C)cc3)cccc2c1.[Cl-]. The molecule has 3 nitrogen and oxygen atoms in total. The second-order valence-corrected chi connectivity index (χ2v) is 10.1. The average Bonchev–Trinajstić information content (AvgIpc) is 2.77. The van der Waals surface area contributed by atoms with Crippen LogP contribution in [0.4, 0.5) is 0 Å². The first-order valence-corrected chi connectivity index (χ1v) is 11.4. The van der Waals surface area contributed by atoms with Crippen LogP contribution in [0.5, 0.6) is 0 Å². The van der Waals surface area contributed by atoms with E-state index in [1.807, 2.05) is 12.1 Å². The maximum atomic E-state index is 11.5. The normalized spacial score (nSPS) is 11.5. The quantitative estimate of drug-likeness (QED) is 0.468. The summed E-state index contributed by atoms with van der Waals surface area (Å²) in [6, 6.07) is 27.3. The van der Waals surface area contributed by atoms with Crippen LogP contribution >= 0.6 is 0 Å². The molecule has 0 aromatic heterocycles. The smallest absolute Gasteiger partial charge is 0.335 e. The lowest BCUT2D eigenvalue weighted by molar-refractivity contribution is -0.872. The molecular weight excluding hydrogens is 442 g/mol. The zero-order chi connectivity index (χ0) is 23.8. The van der Waals surface area contributed by atoms with Crippen LogP contribution in [0.25, 0.3) is 33.0 Å². The molecule has 0 atom stereocenters. The molecule has 0 fully saturated rings. The standard InChI is InChI=1S/C30H31NO2.ClH/c1-30(2,3)25-13-9-20(10-14-25)27-8-6-7-21-17-22(11-16-28(21)27)26-15-12-23(29(32)33)18-24(26)19-31(4)5;/h6-18H,19H2,1-5H3,(H,32,33);1H. The van der Waals surface area contributed by atoms with Crippen LogP contribution in [0.3, 0.4) is 0 Å². The molecule has 0 saturated carbocycles. The minimum Gasteiger partial charge on any atom is -1.00 e. The van der Waals surface area contributed by atoms with Crippen LogP contribution in [0.2, 0.25) is 0 Å². The van der Waals surface area contributed by atoms with Crippen molar-refractivity contribution in [1.82, 2.24) is 0 Å². The van der Waals surface area contributed by atoms with E-state index in [2.05, 4.69) is 95.5 Å². The number of fused-ring (bicyclic) bond motifs is 1. The molecule has 0 unspecified atom stereocenters. The highest BCUT2D eigenvalue weighted by Gasteiger charge is 2.15. The van der Waals surface area contributed by atoms with Gasteiger partial charge in [-0.2, -0.15) is 0 Å². The fourth-order valence-corrected chi connectivity index (χ4v) is 4.39. The lowest BCUT2D eigenvalue weighted by Crippen LogP contribution is -3.04. The zero-order valence-electron chi connectivity index (χ0n) is 20.4. The Morgan fingerprint density at radius 1 is 0.824 bits per heavy atom. The lowest BCUT2D eigenvalue weighted by atomic mass is 9.86. The molecule has 0 aliphatic rings. The molecule has 0 bridgehead atoms. The first-order valence-electron chi connectivity index (χ1n) is 11.4. The molecule has 176 valence electrons. The summed E-state index contributed by atoms with van der Waals surface area (Å²) in [4.78, 5) is 12.8. The minimum atomic E-state index is -0.891. The van der Waals surface area contributed by atoms with E-state index in [-0.39, 0.29) is 17.8 Å². The topological polar surface area (TPSA) is 41.7 Å². The van der Waals surface area contributed by atoms with Gasteiger partial charge >= 0.3 is 5.97 Å². The van der Waals surface area contributed by atoms with Crippen molar-refractivity contribution in [2.45, 2.75) is 32.7 Å². The zero-order valence-corrected chi connectivity index (χ0v) is 21.2. The van der Waals surface area contributed by atoms with Gasteiger partial charge in [-0.05, 0) is 62.2 Å². The number of rotatable bonds is 5. The molecule has 0 amide bonds. The van der Waals surface area contributed by atoms with Crippen molar-refractivity contribution < 1.29 is 27.2 Å². The monoisotopic (exact) mass is 473 g/mol. The van der Waals surface area contributed by atoms with E-state index in [4.69, 9.17) is 0 Å². The van der Waals surface area contributed by atoms with Crippen LogP contribution in [0.15, 0.2) is 78.9 Å². The van der Waals surface area contributed by atoms with Gasteiger partial charge in [-0.1, -0.05) is 81.4 Å². The molecular formula is C30H32ClNO2. The summed E-state index contributed by atoms with van der Waals surface area (Å²) in [6.45, 7) is 7.46. The first kappa shape index (κ1) is 25.5. The number of hydrogen-bond donors (Lipinski definition) is 2. The van der Waals surface area contributed by atoms with E-state index in [9.17, 15) is 9.90 Å². The molecule has 2 N–H and O–H groups in total. The summed E-state index contributed by atoms with van der Waals surface area (Å²) in [6.07, 6.45) is 0. The third-order valence-corrected chi connectivity index (χ3v) is 6.15. The van der Waals surface area contributed by atoms with E-state index < -0.39 is 5.97 Å². The van der Waals surface area contributed by atoms with Crippen molar-refractivity contribution >= 4 is 16.7 Å². The van der Waals surface area contributed by atoms with Gasteiger partial charge < -0.3 is 22.4 Å². The molecule has 4 rings (SSSR count). The molecule has 4 aromatic rings. The fraction of sp³-hybridized carbons (Fsp3) is 0.233. The van der Waals surface area contributed by atoms with E-state index in [1.54, 1.807) is 6.07 Å². The number of aromatic carboxylic acids is 1. The largest absolute Gasteiger partial charge is 1.00 e. The molecule has 0 aliphatic carbocycles. The Balaban J connectivity index is 0.00000324. The Kier molecular flexibility index (Phi) is 7.50. The number of carboxylic acid groups (broad SMARTS) is 1. The molecule has 0 spiro atoms. The molecule has 0 saturated heterocycles. The number of hydrogen-bond acceptors (Lipinski definition) is 1. The van der Waals surface area contributed by atoms with Gasteiger partial charge in [0.2, 0.25) is 0 Å². The predicted octanol–water partition coefficient (Wildman–Crippen LogP) is 2.82. The van der Waals surface area contributed by atoms with E-state index in [1.165, 1.54) is 32.4 Å². The highest BCUT2D eigenvalue weighted by atomic mass is 35.5. The molecule has 4 heteroatoms.